The first-order valence-electron chi connectivity index (χ1n) is 6.08. The van der Waals surface area contributed by atoms with Gasteiger partial charge in [-0.25, -0.2) is 4.39 Å². The maximum atomic E-state index is 13.1. The molecule has 1 saturated heterocycles. The summed E-state index contributed by atoms with van der Waals surface area (Å²) < 4.78 is 13.1. The van der Waals surface area contributed by atoms with Gasteiger partial charge in [0.1, 0.15) is 5.82 Å². The van der Waals surface area contributed by atoms with Crippen molar-refractivity contribution in [1.82, 2.24) is 0 Å². The summed E-state index contributed by atoms with van der Waals surface area (Å²) in [6.45, 7) is 4.19. The van der Waals surface area contributed by atoms with E-state index in [2.05, 4.69) is 13.8 Å². The van der Waals surface area contributed by atoms with Crippen LogP contribution >= 0.6 is 23.4 Å². The first-order chi connectivity index (χ1) is 8.34. The highest BCUT2D eigenvalue weighted by Crippen LogP contribution is 2.44. The van der Waals surface area contributed by atoms with Crippen molar-refractivity contribution in [2.45, 2.75) is 32.3 Å². The summed E-state index contributed by atoms with van der Waals surface area (Å²) in [7, 11) is 0. The van der Waals surface area contributed by atoms with Gasteiger partial charge in [0.25, 0.3) is 0 Å². The average Bonchev–Trinajstić information content (AvgIpc) is 2.28. The normalized spacial score (nSPS) is 27.2. The highest BCUT2D eigenvalue weighted by molar-refractivity contribution is 7.99. The van der Waals surface area contributed by atoms with Crippen molar-refractivity contribution in [3.05, 3.63) is 34.6 Å². The first-order valence-corrected chi connectivity index (χ1v) is 7.61. The molecule has 1 fully saturated rings. The van der Waals surface area contributed by atoms with Crippen LogP contribution in [0.2, 0.25) is 5.02 Å². The lowest BCUT2D eigenvalue weighted by atomic mass is 9.70. The van der Waals surface area contributed by atoms with Crippen LogP contribution in [0.5, 0.6) is 0 Å². The summed E-state index contributed by atoms with van der Waals surface area (Å²) in [6, 6.07) is 4.68. The van der Waals surface area contributed by atoms with Gasteiger partial charge >= 0.3 is 0 Å². The summed E-state index contributed by atoms with van der Waals surface area (Å²) in [4.78, 5) is 0. The van der Waals surface area contributed by atoms with Gasteiger partial charge in [-0.3, -0.25) is 0 Å². The van der Waals surface area contributed by atoms with Gasteiger partial charge in [0.15, 0.2) is 0 Å². The fraction of sp³-hybridized carbons (Fsp3) is 0.571. The van der Waals surface area contributed by atoms with E-state index in [1.807, 2.05) is 0 Å². The molecule has 0 bridgehead atoms. The van der Waals surface area contributed by atoms with Gasteiger partial charge in [0, 0.05) is 12.2 Å². The van der Waals surface area contributed by atoms with E-state index in [0.29, 0.717) is 6.42 Å². The molecule has 100 valence electrons. The molecule has 0 amide bonds. The van der Waals surface area contributed by atoms with Crippen molar-refractivity contribution in [2.24, 2.45) is 5.41 Å². The fourth-order valence-electron chi connectivity index (χ4n) is 2.27. The monoisotopic (exact) mass is 288 g/mol. The highest BCUT2D eigenvalue weighted by atomic mass is 35.5. The Labute approximate surface area is 117 Å². The lowest BCUT2D eigenvalue weighted by molar-refractivity contribution is -0.0513. The largest absolute Gasteiger partial charge is 0.388 e. The molecule has 1 aliphatic heterocycles. The Balaban J connectivity index is 2.23. The quantitative estimate of drug-likeness (QED) is 0.890. The van der Waals surface area contributed by atoms with Crippen LogP contribution in [-0.4, -0.2) is 22.2 Å². The topological polar surface area (TPSA) is 20.2 Å². The van der Waals surface area contributed by atoms with Gasteiger partial charge in [-0.15, -0.1) is 0 Å². The molecule has 0 radical (unpaired) electrons. The third kappa shape index (κ3) is 2.68. The van der Waals surface area contributed by atoms with Crippen molar-refractivity contribution < 1.29 is 9.50 Å². The Morgan fingerprint density at radius 1 is 1.44 bits per heavy atom. The van der Waals surface area contributed by atoms with E-state index in [9.17, 15) is 9.50 Å². The van der Waals surface area contributed by atoms with Crippen LogP contribution in [0.25, 0.3) is 0 Å². The van der Waals surface area contributed by atoms with E-state index in [0.717, 1.165) is 23.5 Å². The molecule has 18 heavy (non-hydrogen) atoms. The highest BCUT2D eigenvalue weighted by Gasteiger charge is 2.45. The molecule has 0 aliphatic carbocycles. The van der Waals surface area contributed by atoms with Crippen molar-refractivity contribution in [3.63, 3.8) is 0 Å². The Morgan fingerprint density at radius 2 is 2.17 bits per heavy atom. The zero-order valence-corrected chi connectivity index (χ0v) is 12.2. The number of aliphatic hydroxyl groups is 1. The SMILES string of the molecule is CC1(C)CCSCC1(O)Cc1ccc(F)c(Cl)c1. The van der Waals surface area contributed by atoms with Crippen LogP contribution in [0.3, 0.4) is 0 Å². The van der Waals surface area contributed by atoms with E-state index < -0.39 is 11.4 Å². The number of hydrogen-bond donors (Lipinski definition) is 1. The zero-order chi connectivity index (χ0) is 13.4. The summed E-state index contributed by atoms with van der Waals surface area (Å²) in [6.07, 6.45) is 1.51. The first kappa shape index (κ1) is 14.2. The molecule has 0 spiro atoms. The van der Waals surface area contributed by atoms with Crippen LogP contribution in [0.1, 0.15) is 25.8 Å². The molecule has 2 rings (SSSR count). The third-order valence-electron chi connectivity index (χ3n) is 3.95. The van der Waals surface area contributed by atoms with Gasteiger partial charge < -0.3 is 5.11 Å². The second kappa shape index (κ2) is 5.03. The molecule has 1 aromatic carbocycles. The van der Waals surface area contributed by atoms with Crippen LogP contribution < -0.4 is 0 Å². The molecule has 4 heteroatoms. The Morgan fingerprint density at radius 3 is 2.78 bits per heavy atom. The zero-order valence-electron chi connectivity index (χ0n) is 10.7. The van der Waals surface area contributed by atoms with Gasteiger partial charge in [-0.2, -0.15) is 11.8 Å². The third-order valence-corrected chi connectivity index (χ3v) is 5.42. The van der Waals surface area contributed by atoms with E-state index in [4.69, 9.17) is 11.6 Å². The average molecular weight is 289 g/mol. The maximum absolute atomic E-state index is 13.1. The lowest BCUT2D eigenvalue weighted by Crippen LogP contribution is -2.51. The smallest absolute Gasteiger partial charge is 0.141 e. The van der Waals surface area contributed by atoms with Gasteiger partial charge in [-0.05, 0) is 35.3 Å². The second-order valence-corrected chi connectivity index (χ2v) is 7.16. The van der Waals surface area contributed by atoms with E-state index in [1.165, 1.54) is 6.07 Å². The minimum absolute atomic E-state index is 0.123. The molecule has 1 atom stereocenters. The lowest BCUT2D eigenvalue weighted by Gasteiger charge is -2.46. The fourth-order valence-corrected chi connectivity index (χ4v) is 4.11. The van der Waals surface area contributed by atoms with E-state index in [1.54, 1.807) is 23.9 Å². The molecule has 1 N–H and O–H groups in total. The summed E-state index contributed by atoms with van der Waals surface area (Å²) >= 11 is 7.56. The van der Waals surface area contributed by atoms with Crippen molar-refractivity contribution in [2.75, 3.05) is 11.5 Å². The van der Waals surface area contributed by atoms with E-state index in [-0.39, 0.29) is 10.4 Å². The van der Waals surface area contributed by atoms with Crippen molar-refractivity contribution in [3.8, 4) is 0 Å². The number of thioether (sulfide) groups is 1. The van der Waals surface area contributed by atoms with Crippen LogP contribution in [0, 0.1) is 11.2 Å². The van der Waals surface area contributed by atoms with Crippen molar-refractivity contribution >= 4 is 23.4 Å². The van der Waals surface area contributed by atoms with Gasteiger partial charge in [-0.1, -0.05) is 31.5 Å². The van der Waals surface area contributed by atoms with Crippen molar-refractivity contribution in [1.29, 1.82) is 0 Å². The molecule has 0 aromatic heterocycles. The predicted octanol–water partition coefficient (Wildman–Crippen LogP) is 3.92. The van der Waals surface area contributed by atoms with E-state index >= 15 is 0 Å². The van der Waals surface area contributed by atoms with Crippen LogP contribution in [0.15, 0.2) is 18.2 Å². The molecular weight excluding hydrogens is 271 g/mol. The number of benzene rings is 1. The Kier molecular flexibility index (Phi) is 3.96. The summed E-state index contributed by atoms with van der Waals surface area (Å²) in [5, 5.41) is 11.0. The molecule has 1 heterocycles. The van der Waals surface area contributed by atoms with Gasteiger partial charge in [0.2, 0.25) is 0 Å². The summed E-state index contributed by atoms with van der Waals surface area (Å²) in [5.74, 6) is 1.39. The standard InChI is InChI=1S/C14H18ClFOS/c1-13(2)5-6-18-9-14(13,17)8-10-3-4-12(16)11(15)7-10/h3-4,7,17H,5-6,8-9H2,1-2H3. The number of rotatable bonds is 2. The molecule has 0 saturated carbocycles. The molecule has 1 unspecified atom stereocenters. The summed E-state index contributed by atoms with van der Waals surface area (Å²) in [5.41, 5.74) is 0.00962. The Bertz CT molecular complexity index is 449. The van der Waals surface area contributed by atoms with Gasteiger partial charge in [0.05, 0.1) is 10.6 Å². The Hall–Kier alpha value is -0.250. The maximum Gasteiger partial charge on any atom is 0.141 e. The second-order valence-electron chi connectivity index (χ2n) is 5.64. The minimum Gasteiger partial charge on any atom is -0.388 e. The van der Waals surface area contributed by atoms with Crippen LogP contribution in [-0.2, 0) is 6.42 Å². The number of hydrogen-bond acceptors (Lipinski definition) is 2. The molecule has 1 nitrogen and oxygen atoms in total. The van der Waals surface area contributed by atoms with Crippen LogP contribution in [0.4, 0.5) is 4.39 Å². The minimum atomic E-state index is -0.753. The molecule has 1 aliphatic rings. The molecule has 1 aromatic rings. The number of halogens is 2. The predicted molar refractivity (Wildman–Crippen MR) is 75.8 cm³/mol. The molecular formula is C14H18ClFOS.